The molecule has 1 atom stereocenters. The van der Waals surface area contributed by atoms with E-state index in [-0.39, 0.29) is 30.0 Å². The Morgan fingerprint density at radius 2 is 1.76 bits per heavy atom. The summed E-state index contributed by atoms with van der Waals surface area (Å²) < 4.78 is 3.04. The molecular formula is C20H25N5O4. The van der Waals surface area contributed by atoms with Crippen molar-refractivity contribution in [2.24, 2.45) is 14.1 Å². The summed E-state index contributed by atoms with van der Waals surface area (Å²) >= 11 is 0. The van der Waals surface area contributed by atoms with Crippen LogP contribution in [-0.2, 0) is 23.7 Å². The number of nitrogens with zero attached hydrogens (tertiary/aromatic N) is 3. The van der Waals surface area contributed by atoms with Crippen LogP contribution in [0.5, 0.6) is 0 Å². The van der Waals surface area contributed by atoms with Crippen molar-refractivity contribution in [3.8, 4) is 0 Å². The second kappa shape index (κ2) is 7.38. The molecule has 2 aliphatic rings. The molecule has 29 heavy (non-hydrogen) atoms. The summed E-state index contributed by atoms with van der Waals surface area (Å²) in [6.45, 7) is 0. The first-order valence-corrected chi connectivity index (χ1v) is 9.95. The summed E-state index contributed by atoms with van der Waals surface area (Å²) in [5, 5.41) is 5.41. The monoisotopic (exact) mass is 399 g/mol. The lowest BCUT2D eigenvalue weighted by Gasteiger charge is -2.28. The van der Waals surface area contributed by atoms with Gasteiger partial charge in [-0.3, -0.25) is 23.6 Å². The number of carbonyl (C=O) groups excluding carboxylic acids is 3. The Morgan fingerprint density at radius 1 is 1.07 bits per heavy atom. The van der Waals surface area contributed by atoms with E-state index in [0.717, 1.165) is 37.6 Å². The van der Waals surface area contributed by atoms with E-state index >= 15 is 0 Å². The molecule has 2 N–H and O–H groups in total. The van der Waals surface area contributed by atoms with E-state index in [1.165, 1.54) is 14.0 Å². The van der Waals surface area contributed by atoms with E-state index in [4.69, 9.17) is 0 Å². The van der Waals surface area contributed by atoms with Gasteiger partial charge in [0.05, 0.1) is 17.5 Å². The highest BCUT2D eigenvalue weighted by molar-refractivity contribution is 6.07. The zero-order valence-electron chi connectivity index (χ0n) is 16.6. The average Bonchev–Trinajstić information content (AvgIpc) is 3.10. The number of imide groups is 1. The van der Waals surface area contributed by atoms with Gasteiger partial charge in [-0.2, -0.15) is 0 Å². The first kappa shape index (κ1) is 19.2. The van der Waals surface area contributed by atoms with Crippen LogP contribution in [0.4, 0.5) is 10.5 Å². The molecule has 1 aromatic carbocycles. The fourth-order valence-electron chi connectivity index (χ4n) is 4.35. The van der Waals surface area contributed by atoms with Gasteiger partial charge >= 0.3 is 11.7 Å². The summed E-state index contributed by atoms with van der Waals surface area (Å²) in [6, 6.07) is 3.89. The van der Waals surface area contributed by atoms with Crippen LogP contribution in [0, 0.1) is 0 Å². The molecule has 9 heteroatoms. The molecule has 0 unspecified atom stereocenters. The highest BCUT2D eigenvalue weighted by atomic mass is 16.2. The molecule has 1 aromatic heterocycles. The van der Waals surface area contributed by atoms with Crippen LogP contribution in [0.15, 0.2) is 23.0 Å². The molecule has 1 saturated heterocycles. The standard InChI is InChI=1S/C20H25N5O4/c1-23-15-9-8-12(10-16(15)24(2)20(23)29)21-17(26)11-14-18(27)25(19(28)22-14)13-6-4-3-5-7-13/h8-10,13-14H,3-7,11H2,1-2H3,(H,21,26)(H,22,28)/t14-/m1/s1. The van der Waals surface area contributed by atoms with Gasteiger partial charge in [0, 0.05) is 25.8 Å². The number of anilines is 1. The van der Waals surface area contributed by atoms with Crippen molar-refractivity contribution in [1.82, 2.24) is 19.4 Å². The summed E-state index contributed by atoms with van der Waals surface area (Å²) in [5.41, 5.74) is 1.84. The maximum atomic E-state index is 12.7. The Balaban J connectivity index is 1.44. The second-order valence-electron chi connectivity index (χ2n) is 7.86. The van der Waals surface area contributed by atoms with E-state index < -0.39 is 12.1 Å². The van der Waals surface area contributed by atoms with Crippen molar-refractivity contribution in [2.75, 3.05) is 5.32 Å². The van der Waals surface area contributed by atoms with Crippen LogP contribution < -0.4 is 16.3 Å². The van der Waals surface area contributed by atoms with Gasteiger partial charge in [-0.25, -0.2) is 9.59 Å². The Hall–Kier alpha value is -3.10. The fourth-order valence-corrected chi connectivity index (χ4v) is 4.35. The van der Waals surface area contributed by atoms with Crippen LogP contribution in [0.2, 0.25) is 0 Å². The molecule has 2 fully saturated rings. The highest BCUT2D eigenvalue weighted by Gasteiger charge is 2.42. The maximum Gasteiger partial charge on any atom is 0.328 e. The molecule has 4 rings (SSSR count). The quantitative estimate of drug-likeness (QED) is 0.759. The third-order valence-electron chi connectivity index (χ3n) is 5.94. The lowest BCUT2D eigenvalue weighted by Crippen LogP contribution is -2.42. The average molecular weight is 399 g/mol. The zero-order valence-corrected chi connectivity index (χ0v) is 16.6. The smallest absolute Gasteiger partial charge is 0.326 e. The number of fused-ring (bicyclic) bond motifs is 1. The third-order valence-corrected chi connectivity index (χ3v) is 5.94. The number of nitrogens with one attached hydrogen (secondary N) is 2. The second-order valence-corrected chi connectivity index (χ2v) is 7.86. The Morgan fingerprint density at radius 3 is 2.48 bits per heavy atom. The third kappa shape index (κ3) is 3.41. The molecule has 1 saturated carbocycles. The molecule has 0 radical (unpaired) electrons. The number of urea groups is 1. The first-order chi connectivity index (χ1) is 13.9. The van der Waals surface area contributed by atoms with Gasteiger partial charge in [0.1, 0.15) is 6.04 Å². The number of hydrogen-bond acceptors (Lipinski definition) is 4. The van der Waals surface area contributed by atoms with Crippen LogP contribution in [0.1, 0.15) is 38.5 Å². The SMILES string of the molecule is Cn1c(=O)n(C)c2cc(NC(=O)C[C@H]3NC(=O)N(C4CCCCC4)C3=O)ccc21. The number of aryl methyl sites for hydroxylation is 2. The molecule has 4 amide bonds. The fraction of sp³-hybridized carbons (Fsp3) is 0.500. The predicted octanol–water partition coefficient (Wildman–Crippen LogP) is 1.46. The number of rotatable bonds is 4. The zero-order chi connectivity index (χ0) is 20.7. The van der Waals surface area contributed by atoms with E-state index in [1.807, 2.05) is 0 Å². The van der Waals surface area contributed by atoms with Crippen molar-refractivity contribution in [3.05, 3.63) is 28.7 Å². The number of benzene rings is 1. The molecule has 2 aromatic rings. The lowest BCUT2D eigenvalue weighted by atomic mass is 9.94. The molecular weight excluding hydrogens is 374 g/mol. The van der Waals surface area contributed by atoms with Crippen LogP contribution >= 0.6 is 0 Å². The van der Waals surface area contributed by atoms with E-state index in [2.05, 4.69) is 10.6 Å². The summed E-state index contributed by atoms with van der Waals surface area (Å²) in [5.74, 6) is -0.688. The molecule has 1 aliphatic heterocycles. The predicted molar refractivity (Wildman–Crippen MR) is 107 cm³/mol. The minimum absolute atomic E-state index is 0.0638. The first-order valence-electron chi connectivity index (χ1n) is 9.95. The van der Waals surface area contributed by atoms with Crippen molar-refractivity contribution in [2.45, 2.75) is 50.6 Å². The summed E-state index contributed by atoms with van der Waals surface area (Å²) in [7, 11) is 3.36. The van der Waals surface area contributed by atoms with Gasteiger partial charge in [-0.05, 0) is 31.0 Å². The van der Waals surface area contributed by atoms with Crippen molar-refractivity contribution < 1.29 is 14.4 Å². The van der Waals surface area contributed by atoms with Crippen LogP contribution in [0.25, 0.3) is 11.0 Å². The van der Waals surface area contributed by atoms with Crippen LogP contribution in [-0.4, -0.2) is 44.0 Å². The highest BCUT2D eigenvalue weighted by Crippen LogP contribution is 2.26. The van der Waals surface area contributed by atoms with E-state index in [1.54, 1.807) is 32.3 Å². The minimum atomic E-state index is -0.839. The van der Waals surface area contributed by atoms with Crippen molar-refractivity contribution in [1.29, 1.82) is 0 Å². The largest absolute Gasteiger partial charge is 0.328 e. The van der Waals surface area contributed by atoms with Crippen molar-refractivity contribution >= 4 is 34.6 Å². The van der Waals surface area contributed by atoms with E-state index in [9.17, 15) is 19.2 Å². The molecule has 0 bridgehead atoms. The molecule has 9 nitrogen and oxygen atoms in total. The van der Waals surface area contributed by atoms with Gasteiger partial charge in [0.15, 0.2) is 0 Å². The Kier molecular flexibility index (Phi) is 4.89. The summed E-state index contributed by atoms with van der Waals surface area (Å²) in [4.78, 5) is 50.8. The van der Waals surface area contributed by atoms with Crippen LogP contribution in [0.3, 0.4) is 0 Å². The number of hydrogen-bond donors (Lipinski definition) is 2. The van der Waals surface area contributed by atoms with Gasteiger partial charge in [-0.15, -0.1) is 0 Å². The topological polar surface area (TPSA) is 105 Å². The number of amides is 4. The number of carbonyl (C=O) groups is 3. The number of imidazole rings is 1. The molecule has 154 valence electrons. The molecule has 0 spiro atoms. The minimum Gasteiger partial charge on any atom is -0.326 e. The molecule has 1 aliphatic carbocycles. The lowest BCUT2D eigenvalue weighted by molar-refractivity contribution is -0.131. The van der Waals surface area contributed by atoms with Gasteiger partial charge < -0.3 is 10.6 Å². The number of aromatic nitrogens is 2. The van der Waals surface area contributed by atoms with Gasteiger partial charge in [0.2, 0.25) is 5.91 Å². The maximum absolute atomic E-state index is 12.7. The normalized spacial score (nSPS) is 20.3. The van der Waals surface area contributed by atoms with Gasteiger partial charge in [0.25, 0.3) is 5.91 Å². The summed E-state index contributed by atoms with van der Waals surface area (Å²) in [6.07, 6.45) is 4.68. The Bertz CT molecular complexity index is 1050. The Labute approximate surface area is 167 Å². The van der Waals surface area contributed by atoms with Gasteiger partial charge in [-0.1, -0.05) is 19.3 Å². The van der Waals surface area contributed by atoms with Crippen molar-refractivity contribution in [3.63, 3.8) is 0 Å². The van der Waals surface area contributed by atoms with E-state index in [0.29, 0.717) is 11.2 Å². The molecule has 2 heterocycles.